The van der Waals surface area contributed by atoms with E-state index < -0.39 is 0 Å². The number of thioether (sulfide) groups is 1. The first-order valence-electron chi connectivity index (χ1n) is 7.72. The second-order valence-corrected chi connectivity index (χ2v) is 7.85. The van der Waals surface area contributed by atoms with Crippen molar-refractivity contribution in [2.45, 2.75) is 69.9 Å². The van der Waals surface area contributed by atoms with Crippen molar-refractivity contribution in [3.63, 3.8) is 0 Å². The Morgan fingerprint density at radius 3 is 2.75 bits per heavy atom. The van der Waals surface area contributed by atoms with Gasteiger partial charge in [-0.2, -0.15) is 0 Å². The highest BCUT2D eigenvalue weighted by Crippen LogP contribution is 2.44. The SMILES string of the molecule is CCC(C)(C)C1CCC(NC)C(Sc2nc(C)co2)C1. The fraction of sp³-hybridized carbons (Fsp3) is 0.812. The van der Waals surface area contributed by atoms with Crippen LogP contribution >= 0.6 is 11.8 Å². The molecule has 0 saturated heterocycles. The van der Waals surface area contributed by atoms with Crippen LogP contribution in [0.4, 0.5) is 0 Å². The van der Waals surface area contributed by atoms with E-state index in [2.05, 4.69) is 38.1 Å². The molecule has 1 aliphatic carbocycles. The molecular weight excluding hydrogens is 268 g/mol. The highest BCUT2D eigenvalue weighted by atomic mass is 32.2. The standard InChI is InChI=1S/C16H28N2OS/c1-6-16(3,4)12-7-8-13(17-5)14(9-12)20-15-18-11(2)10-19-15/h10,12-14,17H,6-9H2,1-5H3. The van der Waals surface area contributed by atoms with Gasteiger partial charge in [0.15, 0.2) is 0 Å². The lowest BCUT2D eigenvalue weighted by molar-refractivity contribution is 0.142. The third-order valence-corrected chi connectivity index (χ3v) is 6.24. The summed E-state index contributed by atoms with van der Waals surface area (Å²) in [5, 5.41) is 4.86. The molecule has 1 aromatic heterocycles. The minimum atomic E-state index is 0.435. The molecule has 0 spiro atoms. The van der Waals surface area contributed by atoms with Crippen LogP contribution < -0.4 is 5.32 Å². The van der Waals surface area contributed by atoms with Gasteiger partial charge in [-0.1, -0.05) is 39.0 Å². The van der Waals surface area contributed by atoms with Crippen LogP contribution in [0.1, 0.15) is 52.1 Å². The Labute approximate surface area is 127 Å². The molecule has 2 rings (SSSR count). The van der Waals surface area contributed by atoms with Crippen molar-refractivity contribution in [2.24, 2.45) is 11.3 Å². The van der Waals surface area contributed by atoms with Crippen molar-refractivity contribution in [3.8, 4) is 0 Å². The maximum atomic E-state index is 5.53. The smallest absolute Gasteiger partial charge is 0.256 e. The molecule has 0 amide bonds. The lowest BCUT2D eigenvalue weighted by atomic mass is 9.68. The topological polar surface area (TPSA) is 38.1 Å². The van der Waals surface area contributed by atoms with Crippen LogP contribution in [-0.2, 0) is 0 Å². The molecule has 0 aromatic carbocycles. The van der Waals surface area contributed by atoms with E-state index in [-0.39, 0.29) is 0 Å². The van der Waals surface area contributed by atoms with Crippen LogP contribution in [0.2, 0.25) is 0 Å². The Morgan fingerprint density at radius 2 is 2.20 bits per heavy atom. The van der Waals surface area contributed by atoms with Crippen LogP contribution in [0.15, 0.2) is 15.9 Å². The Kier molecular flexibility index (Phi) is 5.19. The second-order valence-electron chi connectivity index (χ2n) is 6.66. The summed E-state index contributed by atoms with van der Waals surface area (Å²) < 4.78 is 5.53. The van der Waals surface area contributed by atoms with E-state index in [0.717, 1.165) is 16.8 Å². The fourth-order valence-electron chi connectivity index (χ4n) is 3.10. The van der Waals surface area contributed by atoms with E-state index in [4.69, 9.17) is 4.42 Å². The zero-order valence-electron chi connectivity index (χ0n) is 13.4. The Morgan fingerprint density at radius 1 is 1.45 bits per heavy atom. The summed E-state index contributed by atoms with van der Waals surface area (Å²) in [5.41, 5.74) is 1.40. The minimum Gasteiger partial charge on any atom is -0.440 e. The molecule has 3 nitrogen and oxygen atoms in total. The van der Waals surface area contributed by atoms with Gasteiger partial charge in [-0.3, -0.25) is 0 Å². The Bertz CT molecular complexity index is 430. The van der Waals surface area contributed by atoms with Gasteiger partial charge >= 0.3 is 0 Å². The van der Waals surface area contributed by atoms with Crippen LogP contribution in [0.25, 0.3) is 0 Å². The van der Waals surface area contributed by atoms with Gasteiger partial charge in [-0.05, 0) is 44.6 Å². The summed E-state index contributed by atoms with van der Waals surface area (Å²) >= 11 is 1.81. The predicted molar refractivity (Wildman–Crippen MR) is 85.1 cm³/mol. The van der Waals surface area contributed by atoms with Crippen molar-refractivity contribution in [2.75, 3.05) is 7.05 Å². The van der Waals surface area contributed by atoms with Gasteiger partial charge < -0.3 is 9.73 Å². The van der Waals surface area contributed by atoms with E-state index in [1.165, 1.54) is 25.7 Å². The Hall–Kier alpha value is -0.480. The number of rotatable bonds is 5. The number of hydrogen-bond donors (Lipinski definition) is 1. The summed E-state index contributed by atoms with van der Waals surface area (Å²) in [6, 6.07) is 0.566. The average molecular weight is 296 g/mol. The molecule has 3 atom stereocenters. The number of aromatic nitrogens is 1. The lowest BCUT2D eigenvalue weighted by Gasteiger charge is -2.42. The van der Waals surface area contributed by atoms with Gasteiger partial charge in [-0.25, -0.2) is 4.98 Å². The minimum absolute atomic E-state index is 0.435. The van der Waals surface area contributed by atoms with Gasteiger partial charge in [0.05, 0.1) is 5.69 Å². The number of oxazole rings is 1. The summed E-state index contributed by atoms with van der Waals surface area (Å²) in [5.74, 6) is 0.797. The van der Waals surface area contributed by atoms with Gasteiger partial charge in [0.1, 0.15) is 6.26 Å². The van der Waals surface area contributed by atoms with E-state index >= 15 is 0 Å². The number of aryl methyl sites for hydroxylation is 1. The predicted octanol–water partition coefficient (Wildman–Crippen LogP) is 4.27. The molecule has 0 aliphatic heterocycles. The fourth-order valence-corrected chi connectivity index (χ4v) is 4.43. The van der Waals surface area contributed by atoms with E-state index in [1.807, 2.05) is 18.7 Å². The number of hydrogen-bond acceptors (Lipinski definition) is 4. The molecule has 1 saturated carbocycles. The van der Waals surface area contributed by atoms with Crippen LogP contribution in [0, 0.1) is 18.3 Å². The van der Waals surface area contributed by atoms with Crippen LogP contribution in [0.3, 0.4) is 0 Å². The molecular formula is C16H28N2OS. The van der Waals surface area contributed by atoms with Crippen molar-refractivity contribution in [1.29, 1.82) is 0 Å². The molecule has 4 heteroatoms. The molecule has 3 unspecified atom stereocenters. The third-order valence-electron chi connectivity index (χ3n) is 5.03. The first-order chi connectivity index (χ1) is 9.46. The molecule has 114 valence electrons. The quantitative estimate of drug-likeness (QED) is 0.880. The molecule has 1 fully saturated rings. The lowest BCUT2D eigenvalue weighted by Crippen LogP contribution is -2.43. The molecule has 0 radical (unpaired) electrons. The van der Waals surface area contributed by atoms with Gasteiger partial charge in [0, 0.05) is 11.3 Å². The van der Waals surface area contributed by atoms with Crippen LogP contribution in [0.5, 0.6) is 0 Å². The summed E-state index contributed by atoms with van der Waals surface area (Å²) in [6.07, 6.45) is 6.82. The maximum absolute atomic E-state index is 5.53. The third kappa shape index (κ3) is 3.59. The van der Waals surface area contributed by atoms with Crippen molar-refractivity contribution in [3.05, 3.63) is 12.0 Å². The normalized spacial score (nSPS) is 27.8. The highest BCUT2D eigenvalue weighted by Gasteiger charge is 2.37. The first kappa shape index (κ1) is 15.9. The Balaban J connectivity index is 2.06. The molecule has 20 heavy (non-hydrogen) atoms. The summed E-state index contributed by atoms with van der Waals surface area (Å²) in [4.78, 5) is 4.45. The monoisotopic (exact) mass is 296 g/mol. The molecule has 1 N–H and O–H groups in total. The van der Waals surface area contributed by atoms with Gasteiger partial charge in [0.2, 0.25) is 0 Å². The number of nitrogens with zero attached hydrogens (tertiary/aromatic N) is 1. The molecule has 1 aromatic rings. The van der Waals surface area contributed by atoms with Crippen molar-refractivity contribution in [1.82, 2.24) is 10.3 Å². The summed E-state index contributed by atoms with van der Waals surface area (Å²) in [7, 11) is 2.07. The largest absolute Gasteiger partial charge is 0.440 e. The van der Waals surface area contributed by atoms with E-state index in [0.29, 0.717) is 16.7 Å². The highest BCUT2D eigenvalue weighted by molar-refractivity contribution is 7.99. The van der Waals surface area contributed by atoms with E-state index in [9.17, 15) is 0 Å². The second kappa shape index (κ2) is 6.52. The molecule has 0 bridgehead atoms. The summed E-state index contributed by atoms with van der Waals surface area (Å²) in [6.45, 7) is 9.11. The zero-order chi connectivity index (χ0) is 14.8. The van der Waals surface area contributed by atoms with Crippen LogP contribution in [-0.4, -0.2) is 23.3 Å². The molecule has 1 heterocycles. The number of nitrogens with one attached hydrogen (secondary N) is 1. The van der Waals surface area contributed by atoms with Gasteiger partial charge in [0.25, 0.3) is 5.22 Å². The van der Waals surface area contributed by atoms with E-state index in [1.54, 1.807) is 6.26 Å². The molecule has 1 aliphatic rings. The first-order valence-corrected chi connectivity index (χ1v) is 8.60. The zero-order valence-corrected chi connectivity index (χ0v) is 14.2. The van der Waals surface area contributed by atoms with Crippen molar-refractivity contribution < 1.29 is 4.42 Å². The maximum Gasteiger partial charge on any atom is 0.256 e. The van der Waals surface area contributed by atoms with Gasteiger partial charge in [-0.15, -0.1) is 0 Å². The van der Waals surface area contributed by atoms with Crippen molar-refractivity contribution >= 4 is 11.8 Å². The average Bonchev–Trinajstić information content (AvgIpc) is 2.84.